The second kappa shape index (κ2) is 8.92. The van der Waals surface area contributed by atoms with E-state index in [-0.39, 0.29) is 11.6 Å². The Morgan fingerprint density at radius 1 is 1.36 bits per heavy atom. The van der Waals surface area contributed by atoms with E-state index < -0.39 is 4.92 Å². The lowest BCUT2D eigenvalue weighted by Crippen LogP contribution is -2.41. The zero-order chi connectivity index (χ0) is 18.4. The quantitative estimate of drug-likeness (QED) is 0.601. The van der Waals surface area contributed by atoms with Crippen molar-refractivity contribution in [3.8, 4) is 0 Å². The minimum absolute atomic E-state index is 0.0131. The van der Waals surface area contributed by atoms with Crippen LogP contribution in [0, 0.1) is 23.0 Å². The van der Waals surface area contributed by atoms with Gasteiger partial charge in [0.25, 0.3) is 11.6 Å². The largest absolute Gasteiger partial charge is 0.352 e. The smallest absolute Gasteiger partial charge is 0.269 e. The molecule has 1 aliphatic heterocycles. The molecule has 1 aromatic carbocycles. The monoisotopic (exact) mass is 348 g/mol. The van der Waals surface area contributed by atoms with Crippen LogP contribution in [0.3, 0.4) is 0 Å². The summed E-state index contributed by atoms with van der Waals surface area (Å²) in [6.45, 7) is 6.70. The van der Waals surface area contributed by atoms with Gasteiger partial charge in [-0.2, -0.15) is 0 Å². The van der Waals surface area contributed by atoms with Crippen LogP contribution in [0.15, 0.2) is 18.2 Å². The summed E-state index contributed by atoms with van der Waals surface area (Å²) >= 11 is 0. The Bertz CT molecular complexity index is 610. The average molecular weight is 348 g/mol. The molecule has 0 bridgehead atoms. The number of likely N-dealkylation sites (N-methyl/N-ethyl adjacent to an activating group) is 1. The number of hydrogen-bond acceptors (Lipinski definition) is 5. The van der Waals surface area contributed by atoms with Crippen LogP contribution in [-0.4, -0.2) is 67.4 Å². The van der Waals surface area contributed by atoms with Gasteiger partial charge >= 0.3 is 0 Å². The predicted molar refractivity (Wildman–Crippen MR) is 97.9 cm³/mol. The van der Waals surface area contributed by atoms with E-state index in [0.717, 1.165) is 39.0 Å². The summed E-state index contributed by atoms with van der Waals surface area (Å²) in [4.78, 5) is 27.3. The molecule has 0 unspecified atom stereocenters. The molecule has 1 fully saturated rings. The third-order valence-electron chi connectivity index (χ3n) is 4.79. The van der Waals surface area contributed by atoms with Crippen LogP contribution < -0.4 is 5.32 Å². The van der Waals surface area contributed by atoms with Crippen molar-refractivity contribution in [1.82, 2.24) is 15.1 Å². The molecule has 0 radical (unpaired) electrons. The number of amides is 1. The molecule has 1 aliphatic rings. The molecule has 2 rings (SSSR count). The van der Waals surface area contributed by atoms with Crippen molar-refractivity contribution in [2.45, 2.75) is 19.8 Å². The van der Waals surface area contributed by atoms with Crippen molar-refractivity contribution in [3.63, 3.8) is 0 Å². The Kier molecular flexibility index (Phi) is 6.90. The Balaban J connectivity index is 1.78. The van der Waals surface area contributed by atoms with Crippen LogP contribution in [0.1, 0.15) is 28.8 Å². The van der Waals surface area contributed by atoms with Gasteiger partial charge in [0.05, 0.1) is 4.92 Å². The molecule has 1 saturated heterocycles. The minimum atomic E-state index is -0.446. The van der Waals surface area contributed by atoms with Gasteiger partial charge in [-0.3, -0.25) is 14.9 Å². The summed E-state index contributed by atoms with van der Waals surface area (Å²) in [6.07, 6.45) is 2.18. The van der Waals surface area contributed by atoms with E-state index in [2.05, 4.69) is 29.2 Å². The van der Waals surface area contributed by atoms with Crippen LogP contribution in [-0.2, 0) is 0 Å². The molecule has 0 aliphatic carbocycles. The number of carbonyl (C=O) groups is 1. The number of piperidine rings is 1. The number of likely N-dealkylation sites (tertiary alicyclic amines) is 1. The number of nitrogens with zero attached hydrogens (tertiary/aromatic N) is 3. The van der Waals surface area contributed by atoms with E-state index in [1.165, 1.54) is 18.2 Å². The Labute approximate surface area is 149 Å². The molecule has 0 spiro atoms. The summed E-state index contributed by atoms with van der Waals surface area (Å²) in [7, 11) is 4.17. The number of aryl methyl sites for hydroxylation is 1. The van der Waals surface area contributed by atoms with Gasteiger partial charge in [-0.05, 0) is 64.5 Å². The highest BCUT2D eigenvalue weighted by molar-refractivity contribution is 5.95. The van der Waals surface area contributed by atoms with E-state index in [1.807, 2.05) is 0 Å². The summed E-state index contributed by atoms with van der Waals surface area (Å²) in [5.41, 5.74) is 1.15. The zero-order valence-electron chi connectivity index (χ0n) is 15.3. The lowest BCUT2D eigenvalue weighted by atomic mass is 9.96. The summed E-state index contributed by atoms with van der Waals surface area (Å²) in [5.74, 6) is 0.348. The summed E-state index contributed by atoms with van der Waals surface area (Å²) in [6, 6.07) is 4.36. The van der Waals surface area contributed by atoms with Gasteiger partial charge in [-0.1, -0.05) is 0 Å². The molecular weight excluding hydrogens is 320 g/mol. The van der Waals surface area contributed by atoms with E-state index in [4.69, 9.17) is 0 Å². The standard InChI is InChI=1S/C18H28N4O3/c1-14-12-16(22(24)25)4-5-17(14)18(23)19-13-15-6-8-21(9-7-15)11-10-20(2)3/h4-5,12,15H,6-11,13H2,1-3H3,(H,19,23). The number of non-ortho nitro benzene ring substituents is 1. The fourth-order valence-electron chi connectivity index (χ4n) is 3.10. The van der Waals surface area contributed by atoms with E-state index in [0.29, 0.717) is 23.6 Å². The first-order chi connectivity index (χ1) is 11.9. The zero-order valence-corrected chi connectivity index (χ0v) is 15.3. The van der Waals surface area contributed by atoms with Gasteiger partial charge < -0.3 is 15.1 Å². The third-order valence-corrected chi connectivity index (χ3v) is 4.79. The Morgan fingerprint density at radius 2 is 2.04 bits per heavy atom. The van der Waals surface area contributed by atoms with E-state index in [9.17, 15) is 14.9 Å². The summed E-state index contributed by atoms with van der Waals surface area (Å²) in [5, 5.41) is 13.8. The second-order valence-electron chi connectivity index (χ2n) is 7.05. The normalized spacial score (nSPS) is 16.2. The van der Waals surface area contributed by atoms with Gasteiger partial charge in [-0.15, -0.1) is 0 Å². The molecule has 0 atom stereocenters. The predicted octanol–water partition coefficient (Wildman–Crippen LogP) is 1.91. The second-order valence-corrected chi connectivity index (χ2v) is 7.05. The van der Waals surface area contributed by atoms with E-state index in [1.54, 1.807) is 6.92 Å². The molecule has 1 amide bonds. The maximum atomic E-state index is 12.3. The van der Waals surface area contributed by atoms with Crippen molar-refractivity contribution in [3.05, 3.63) is 39.4 Å². The number of carbonyl (C=O) groups excluding carboxylic acids is 1. The number of hydrogen-bond donors (Lipinski definition) is 1. The number of nitrogens with one attached hydrogen (secondary N) is 1. The maximum Gasteiger partial charge on any atom is 0.269 e. The topological polar surface area (TPSA) is 78.7 Å². The number of nitro groups is 1. The number of benzene rings is 1. The first kappa shape index (κ1) is 19.3. The molecule has 1 N–H and O–H groups in total. The van der Waals surface area contributed by atoms with Gasteiger partial charge in [0.1, 0.15) is 0 Å². The van der Waals surface area contributed by atoms with Crippen molar-refractivity contribution in [2.24, 2.45) is 5.92 Å². The van der Waals surface area contributed by atoms with Crippen molar-refractivity contribution in [1.29, 1.82) is 0 Å². The first-order valence-corrected chi connectivity index (χ1v) is 8.77. The molecule has 0 aromatic heterocycles. The molecule has 0 saturated carbocycles. The van der Waals surface area contributed by atoms with Gasteiger partial charge in [-0.25, -0.2) is 0 Å². The molecule has 7 nitrogen and oxygen atoms in total. The number of rotatable bonds is 7. The molecule has 7 heteroatoms. The lowest BCUT2D eigenvalue weighted by Gasteiger charge is -2.32. The van der Waals surface area contributed by atoms with Crippen LogP contribution in [0.5, 0.6) is 0 Å². The minimum Gasteiger partial charge on any atom is -0.352 e. The molecule has 1 aromatic rings. The molecule has 138 valence electrons. The number of nitro benzene ring substituents is 1. The van der Waals surface area contributed by atoms with Crippen molar-refractivity contribution < 1.29 is 9.72 Å². The SMILES string of the molecule is Cc1cc([N+](=O)[O-])ccc1C(=O)NCC1CCN(CCN(C)C)CC1. The molecule has 25 heavy (non-hydrogen) atoms. The Morgan fingerprint density at radius 3 is 2.60 bits per heavy atom. The van der Waals surface area contributed by atoms with Crippen LogP contribution in [0.4, 0.5) is 5.69 Å². The highest BCUT2D eigenvalue weighted by Gasteiger charge is 2.20. The maximum absolute atomic E-state index is 12.3. The third kappa shape index (κ3) is 5.79. The van der Waals surface area contributed by atoms with Gasteiger partial charge in [0.15, 0.2) is 0 Å². The summed E-state index contributed by atoms with van der Waals surface area (Å²) < 4.78 is 0. The fourth-order valence-corrected chi connectivity index (χ4v) is 3.10. The highest BCUT2D eigenvalue weighted by Crippen LogP contribution is 2.19. The average Bonchev–Trinajstić information content (AvgIpc) is 2.58. The van der Waals surface area contributed by atoms with Crippen LogP contribution in [0.2, 0.25) is 0 Å². The van der Waals surface area contributed by atoms with Crippen molar-refractivity contribution >= 4 is 11.6 Å². The Hall–Kier alpha value is -1.99. The van der Waals surface area contributed by atoms with E-state index >= 15 is 0 Å². The van der Waals surface area contributed by atoms with Crippen LogP contribution >= 0.6 is 0 Å². The van der Waals surface area contributed by atoms with Crippen molar-refractivity contribution in [2.75, 3.05) is 46.8 Å². The van der Waals surface area contributed by atoms with Gasteiger partial charge in [0, 0.05) is 37.3 Å². The highest BCUT2D eigenvalue weighted by atomic mass is 16.6. The molecule has 1 heterocycles. The molecular formula is C18H28N4O3. The van der Waals surface area contributed by atoms with Crippen LogP contribution in [0.25, 0.3) is 0 Å². The lowest BCUT2D eigenvalue weighted by molar-refractivity contribution is -0.384. The van der Waals surface area contributed by atoms with Gasteiger partial charge in [0.2, 0.25) is 0 Å². The fraction of sp³-hybridized carbons (Fsp3) is 0.611. The first-order valence-electron chi connectivity index (χ1n) is 8.77.